The van der Waals surface area contributed by atoms with Crippen molar-refractivity contribution in [1.82, 2.24) is 0 Å². The molecule has 1 nitrogen and oxygen atoms in total. The molecule has 29 valence electrons. The molecule has 0 amide bonds. The number of nitrogens with two attached hydrogens (primary N) is 1. The number of rotatable bonds is 1. The van der Waals surface area contributed by atoms with Crippen molar-refractivity contribution in [2.45, 2.75) is 6.55 Å². The van der Waals surface area contributed by atoms with Crippen LogP contribution in [0, 0.1) is 0 Å². The van der Waals surface area contributed by atoms with E-state index in [9.17, 15) is 0 Å². The van der Waals surface area contributed by atoms with Crippen molar-refractivity contribution in [2.24, 2.45) is 5.40 Å². The Morgan fingerprint density at radius 1 is 2.00 bits per heavy atom. The van der Waals surface area contributed by atoms with Crippen molar-refractivity contribution in [3.05, 3.63) is 12.3 Å². The van der Waals surface area contributed by atoms with Crippen molar-refractivity contribution in [1.29, 1.82) is 0 Å². The molecule has 2 N–H and O–H groups in total. The summed E-state index contributed by atoms with van der Waals surface area (Å²) in [4.78, 5) is 0. The van der Waals surface area contributed by atoms with Gasteiger partial charge in [0.25, 0.3) is 0 Å². The molecule has 0 aromatic carbocycles. The standard InChI is InChI=1S/C3H8NSi/c1-3-5(2)4/h3H,1,4H2,2H3. The van der Waals surface area contributed by atoms with Gasteiger partial charge < -0.3 is 5.40 Å². The van der Waals surface area contributed by atoms with E-state index in [-0.39, 0.29) is 0 Å². The van der Waals surface area contributed by atoms with E-state index in [0.717, 1.165) is 0 Å². The van der Waals surface area contributed by atoms with Crippen LogP contribution >= 0.6 is 0 Å². The largest absolute Gasteiger partial charge is 0.348 e. The molecule has 1 radical (unpaired) electrons. The maximum Gasteiger partial charge on any atom is 0.155 e. The first kappa shape index (κ1) is 4.92. The molecule has 0 bridgehead atoms. The minimum atomic E-state index is -0.610. The van der Waals surface area contributed by atoms with Crippen LogP contribution in [-0.2, 0) is 0 Å². The first-order valence-electron chi connectivity index (χ1n) is 1.49. The molecule has 5 heavy (non-hydrogen) atoms. The van der Waals surface area contributed by atoms with Gasteiger partial charge in [0.2, 0.25) is 0 Å². The summed E-state index contributed by atoms with van der Waals surface area (Å²) in [5.41, 5.74) is 1.80. The van der Waals surface area contributed by atoms with E-state index < -0.39 is 8.96 Å². The zero-order chi connectivity index (χ0) is 4.28. The van der Waals surface area contributed by atoms with Gasteiger partial charge in [-0.25, -0.2) is 0 Å². The highest BCUT2D eigenvalue weighted by Crippen LogP contribution is 1.61. The maximum absolute atomic E-state index is 5.28. The van der Waals surface area contributed by atoms with E-state index in [4.69, 9.17) is 5.40 Å². The van der Waals surface area contributed by atoms with Gasteiger partial charge in [-0.05, 0) is 0 Å². The van der Waals surface area contributed by atoms with Crippen LogP contribution < -0.4 is 5.40 Å². The SMILES string of the molecule is C=C[Si](C)N. The lowest BCUT2D eigenvalue weighted by atomic mass is 11.3. The highest BCUT2D eigenvalue weighted by atomic mass is 28.3. The summed E-state index contributed by atoms with van der Waals surface area (Å²) >= 11 is 0. The molecular formula is C3H8NSi. The van der Waals surface area contributed by atoms with Gasteiger partial charge in [0.05, 0.1) is 0 Å². The van der Waals surface area contributed by atoms with Crippen molar-refractivity contribution >= 4 is 8.96 Å². The molecule has 0 rings (SSSR count). The second kappa shape index (κ2) is 2.17. The number of hydrogen-bond acceptors (Lipinski definition) is 1. The molecular weight excluding hydrogens is 78.1 g/mol. The maximum atomic E-state index is 5.28. The minimum Gasteiger partial charge on any atom is -0.348 e. The summed E-state index contributed by atoms with van der Waals surface area (Å²) in [6.45, 7) is 5.46. The smallest absolute Gasteiger partial charge is 0.155 e. The van der Waals surface area contributed by atoms with Crippen LogP contribution in [0.4, 0.5) is 0 Å². The molecule has 0 saturated carbocycles. The van der Waals surface area contributed by atoms with Crippen molar-refractivity contribution < 1.29 is 0 Å². The third-order valence-corrected chi connectivity index (χ3v) is 0.966. The van der Waals surface area contributed by atoms with Crippen LogP contribution in [-0.4, -0.2) is 8.96 Å². The lowest BCUT2D eigenvalue weighted by Crippen LogP contribution is -2.16. The Balaban J connectivity index is 2.83. The van der Waals surface area contributed by atoms with E-state index in [2.05, 4.69) is 6.58 Å². The van der Waals surface area contributed by atoms with Crippen LogP contribution in [0.3, 0.4) is 0 Å². The molecule has 0 aromatic rings. The van der Waals surface area contributed by atoms with Gasteiger partial charge in [-0.1, -0.05) is 12.2 Å². The van der Waals surface area contributed by atoms with E-state index >= 15 is 0 Å². The van der Waals surface area contributed by atoms with E-state index in [1.54, 1.807) is 5.70 Å². The van der Waals surface area contributed by atoms with E-state index in [1.165, 1.54) is 0 Å². The zero-order valence-electron chi connectivity index (χ0n) is 3.36. The van der Waals surface area contributed by atoms with Gasteiger partial charge in [-0.15, -0.1) is 6.58 Å². The molecule has 0 fully saturated rings. The second-order valence-corrected chi connectivity index (χ2v) is 2.84. The molecule has 0 aromatic heterocycles. The highest BCUT2D eigenvalue weighted by molar-refractivity contribution is 6.59. The normalized spacial score (nSPS) is 8.60. The monoisotopic (exact) mass is 86.0 g/mol. The van der Waals surface area contributed by atoms with Crippen LogP contribution in [0.1, 0.15) is 0 Å². The Morgan fingerprint density at radius 2 is 2.20 bits per heavy atom. The summed E-state index contributed by atoms with van der Waals surface area (Å²) in [5, 5.41) is 5.28. The summed E-state index contributed by atoms with van der Waals surface area (Å²) < 4.78 is 0. The molecule has 0 saturated heterocycles. The fourth-order valence-electron chi connectivity index (χ4n) is 0. The lowest BCUT2D eigenvalue weighted by molar-refractivity contribution is 1.80. The van der Waals surface area contributed by atoms with Crippen LogP contribution in [0.25, 0.3) is 0 Å². The molecule has 0 aliphatic carbocycles. The molecule has 0 spiro atoms. The van der Waals surface area contributed by atoms with Gasteiger partial charge in [-0.3, -0.25) is 0 Å². The Bertz CT molecular complexity index is 33.9. The molecule has 0 atom stereocenters. The molecule has 2 heteroatoms. The van der Waals surface area contributed by atoms with Crippen LogP contribution in [0.2, 0.25) is 6.55 Å². The average molecular weight is 86.2 g/mol. The van der Waals surface area contributed by atoms with Crippen LogP contribution in [0.15, 0.2) is 12.3 Å². The van der Waals surface area contributed by atoms with Gasteiger partial charge in [-0.2, -0.15) is 0 Å². The van der Waals surface area contributed by atoms with Crippen molar-refractivity contribution in [2.75, 3.05) is 0 Å². The highest BCUT2D eigenvalue weighted by Gasteiger charge is 1.79. The molecule has 0 unspecified atom stereocenters. The molecule has 0 aliphatic rings. The fourth-order valence-corrected chi connectivity index (χ4v) is 0. The summed E-state index contributed by atoms with van der Waals surface area (Å²) in [6, 6.07) is 0. The van der Waals surface area contributed by atoms with E-state index in [1.807, 2.05) is 6.55 Å². The Labute approximate surface area is 34.2 Å². The topological polar surface area (TPSA) is 26.0 Å². The zero-order valence-corrected chi connectivity index (χ0v) is 4.36. The first-order valence-corrected chi connectivity index (χ1v) is 3.64. The Hall–Kier alpha value is -0.0831. The Kier molecular flexibility index (Phi) is 2.14. The summed E-state index contributed by atoms with van der Waals surface area (Å²) in [6.07, 6.45) is 0. The summed E-state index contributed by atoms with van der Waals surface area (Å²) in [5.74, 6) is 0. The predicted molar refractivity (Wildman–Crippen MR) is 26.0 cm³/mol. The molecule has 0 aliphatic heterocycles. The van der Waals surface area contributed by atoms with Gasteiger partial charge in [0.15, 0.2) is 8.96 Å². The van der Waals surface area contributed by atoms with Gasteiger partial charge in [0, 0.05) is 0 Å². The first-order chi connectivity index (χ1) is 2.27. The van der Waals surface area contributed by atoms with E-state index in [0.29, 0.717) is 0 Å². The predicted octanol–water partition coefficient (Wildman–Crippen LogP) is 0.292. The third kappa shape index (κ3) is 3.92. The lowest BCUT2D eigenvalue weighted by Gasteiger charge is -1.80. The fraction of sp³-hybridized carbons (Fsp3) is 0.333. The minimum absolute atomic E-state index is 0.610. The summed E-state index contributed by atoms with van der Waals surface area (Å²) in [7, 11) is -0.610. The van der Waals surface area contributed by atoms with Gasteiger partial charge >= 0.3 is 0 Å². The molecule has 0 heterocycles. The Morgan fingerprint density at radius 3 is 2.20 bits per heavy atom. The number of hydrogen-bond donors (Lipinski definition) is 1. The average Bonchev–Trinajstić information content (AvgIpc) is 1.38. The van der Waals surface area contributed by atoms with Crippen molar-refractivity contribution in [3.63, 3.8) is 0 Å². The van der Waals surface area contributed by atoms with Crippen LogP contribution in [0.5, 0.6) is 0 Å². The van der Waals surface area contributed by atoms with Gasteiger partial charge in [0.1, 0.15) is 0 Å². The second-order valence-electron chi connectivity index (χ2n) is 0.948. The quantitative estimate of drug-likeness (QED) is 0.456. The third-order valence-electron chi connectivity index (χ3n) is 0.322. The van der Waals surface area contributed by atoms with Crippen molar-refractivity contribution in [3.8, 4) is 0 Å².